The van der Waals surface area contributed by atoms with Crippen LogP contribution in [0.5, 0.6) is 5.75 Å². The van der Waals surface area contributed by atoms with Gasteiger partial charge in [0.25, 0.3) is 0 Å². The van der Waals surface area contributed by atoms with E-state index in [4.69, 9.17) is 21.1 Å². The molecule has 0 spiro atoms. The zero-order chi connectivity index (χ0) is 17.1. The number of rotatable bonds is 5. The summed E-state index contributed by atoms with van der Waals surface area (Å²) in [5.41, 5.74) is 0.373. The molecule has 0 atom stereocenters. The van der Waals surface area contributed by atoms with E-state index in [1.54, 1.807) is 6.92 Å². The molecule has 0 heterocycles. The summed E-state index contributed by atoms with van der Waals surface area (Å²) in [4.78, 5) is 11.4. The zero-order valence-electron chi connectivity index (χ0n) is 13.3. The Labute approximate surface area is 145 Å². The van der Waals surface area contributed by atoms with Gasteiger partial charge in [-0.2, -0.15) is 0 Å². The molecule has 122 valence electrons. The Balaban J connectivity index is 1.93. The number of carbonyl (C=O) groups excluding carboxylic acids is 1. The van der Waals surface area contributed by atoms with Crippen LogP contribution >= 0.6 is 11.6 Å². The molecule has 24 heavy (non-hydrogen) atoms. The molecule has 0 saturated carbocycles. The smallest absolute Gasteiger partial charge is 0.333 e. The van der Waals surface area contributed by atoms with Crippen LogP contribution in [0.3, 0.4) is 0 Å². The predicted molar refractivity (Wildman–Crippen MR) is 97.7 cm³/mol. The summed E-state index contributed by atoms with van der Waals surface area (Å²) in [5.74, 6) is 0.335. The van der Waals surface area contributed by atoms with Crippen LogP contribution in [0.1, 0.15) is 6.92 Å². The molecule has 3 aromatic carbocycles. The fourth-order valence-electron chi connectivity index (χ4n) is 2.55. The van der Waals surface area contributed by atoms with E-state index in [9.17, 15) is 4.79 Å². The lowest BCUT2D eigenvalue weighted by molar-refractivity contribution is -0.139. The quantitative estimate of drug-likeness (QED) is 0.279. The minimum absolute atomic E-state index is 0.164. The maximum absolute atomic E-state index is 11.4. The molecular formula is C20H17ClO3. The third kappa shape index (κ3) is 3.36. The predicted octanol–water partition coefficient (Wildman–Crippen LogP) is 5.14. The average Bonchev–Trinajstić information content (AvgIpc) is 2.57. The van der Waals surface area contributed by atoms with Crippen molar-refractivity contribution in [2.75, 3.05) is 13.2 Å². The van der Waals surface area contributed by atoms with Crippen LogP contribution < -0.4 is 4.74 Å². The van der Waals surface area contributed by atoms with Crippen molar-refractivity contribution in [2.45, 2.75) is 6.92 Å². The lowest BCUT2D eigenvalue weighted by Gasteiger charge is -2.13. The van der Waals surface area contributed by atoms with Crippen molar-refractivity contribution in [1.29, 1.82) is 0 Å². The average molecular weight is 341 g/mol. The molecular weight excluding hydrogens is 324 g/mol. The van der Waals surface area contributed by atoms with Crippen molar-refractivity contribution in [3.05, 3.63) is 65.7 Å². The number of fused-ring (bicyclic) bond motifs is 2. The van der Waals surface area contributed by atoms with Crippen LogP contribution in [0.25, 0.3) is 21.5 Å². The molecule has 0 fully saturated rings. The molecule has 0 aliphatic heterocycles. The molecule has 0 N–H and O–H groups in total. The number of carbonyl (C=O) groups is 1. The Hall–Kier alpha value is -2.52. The van der Waals surface area contributed by atoms with Crippen LogP contribution in [0.4, 0.5) is 0 Å². The normalized spacial score (nSPS) is 10.8. The second-order valence-corrected chi connectivity index (χ2v) is 5.99. The minimum atomic E-state index is -0.413. The summed E-state index contributed by atoms with van der Waals surface area (Å²) < 4.78 is 11.0. The second kappa shape index (κ2) is 6.93. The van der Waals surface area contributed by atoms with Gasteiger partial charge in [0.2, 0.25) is 0 Å². The largest absolute Gasteiger partial charge is 0.489 e. The highest BCUT2D eigenvalue weighted by molar-refractivity contribution is 6.31. The summed E-state index contributed by atoms with van der Waals surface area (Å²) in [7, 11) is 0. The molecule has 0 aliphatic carbocycles. The van der Waals surface area contributed by atoms with E-state index in [2.05, 4.69) is 12.6 Å². The summed E-state index contributed by atoms with van der Waals surface area (Å²) in [5, 5.41) is 4.72. The van der Waals surface area contributed by atoms with Crippen molar-refractivity contribution >= 4 is 39.1 Å². The fourth-order valence-corrected chi connectivity index (χ4v) is 2.72. The first-order chi connectivity index (χ1) is 11.6. The number of ether oxygens (including phenoxy) is 2. The van der Waals surface area contributed by atoms with Gasteiger partial charge in [-0.05, 0) is 35.9 Å². The second-order valence-electron chi connectivity index (χ2n) is 5.56. The topological polar surface area (TPSA) is 35.5 Å². The van der Waals surface area contributed by atoms with Gasteiger partial charge < -0.3 is 9.47 Å². The van der Waals surface area contributed by atoms with Crippen LogP contribution in [-0.2, 0) is 9.53 Å². The third-order valence-electron chi connectivity index (χ3n) is 3.69. The van der Waals surface area contributed by atoms with E-state index in [0.29, 0.717) is 10.6 Å². The van der Waals surface area contributed by atoms with Crippen molar-refractivity contribution in [1.82, 2.24) is 0 Å². The molecule has 4 heteroatoms. The first kappa shape index (κ1) is 16.3. The highest BCUT2D eigenvalue weighted by atomic mass is 35.5. The Bertz CT molecular complexity index is 931. The maximum Gasteiger partial charge on any atom is 0.333 e. The molecule has 0 radical (unpaired) electrons. The number of esters is 1. The molecule has 3 aromatic rings. The Morgan fingerprint density at radius 3 is 2.58 bits per heavy atom. The van der Waals surface area contributed by atoms with Gasteiger partial charge in [0, 0.05) is 21.4 Å². The standard InChI is InChI=1S/C20H17ClO3/c1-13(2)20(22)24-10-9-23-19-17-6-4-3-5-14(17)11-15-7-8-16(21)12-18(15)19/h3-8,11-12H,1,9-10H2,2H3. The SMILES string of the molecule is C=C(C)C(=O)OCCOc1c2ccccc2cc2ccc(Cl)cc12. The number of hydrogen-bond donors (Lipinski definition) is 0. The van der Waals surface area contributed by atoms with E-state index in [1.165, 1.54) is 0 Å². The number of halogens is 1. The number of hydrogen-bond acceptors (Lipinski definition) is 3. The van der Waals surface area contributed by atoms with E-state index in [0.717, 1.165) is 27.3 Å². The summed E-state index contributed by atoms with van der Waals surface area (Å²) in [6.45, 7) is 5.59. The first-order valence-corrected chi connectivity index (χ1v) is 8.00. The molecule has 0 saturated heterocycles. The molecule has 0 aliphatic rings. The molecule has 0 bridgehead atoms. The van der Waals surface area contributed by atoms with Gasteiger partial charge in [-0.15, -0.1) is 0 Å². The van der Waals surface area contributed by atoms with Crippen LogP contribution in [0, 0.1) is 0 Å². The monoisotopic (exact) mass is 340 g/mol. The van der Waals surface area contributed by atoms with Gasteiger partial charge in [-0.1, -0.05) is 48.5 Å². The minimum Gasteiger partial charge on any atom is -0.489 e. The molecule has 3 nitrogen and oxygen atoms in total. The lowest BCUT2D eigenvalue weighted by atomic mass is 10.0. The van der Waals surface area contributed by atoms with Crippen molar-refractivity contribution < 1.29 is 14.3 Å². The molecule has 0 amide bonds. The van der Waals surface area contributed by atoms with Crippen LogP contribution in [0.15, 0.2) is 60.7 Å². The van der Waals surface area contributed by atoms with Gasteiger partial charge in [0.05, 0.1) is 0 Å². The summed E-state index contributed by atoms with van der Waals surface area (Å²) in [6, 6.07) is 15.8. The summed E-state index contributed by atoms with van der Waals surface area (Å²) >= 11 is 6.14. The number of benzene rings is 3. The highest BCUT2D eigenvalue weighted by Gasteiger charge is 2.10. The van der Waals surface area contributed by atoms with Gasteiger partial charge in [-0.3, -0.25) is 0 Å². The van der Waals surface area contributed by atoms with E-state index in [1.807, 2.05) is 42.5 Å². The molecule has 3 rings (SSSR count). The van der Waals surface area contributed by atoms with Crippen LogP contribution in [-0.4, -0.2) is 19.2 Å². The van der Waals surface area contributed by atoms with Gasteiger partial charge >= 0.3 is 5.97 Å². The van der Waals surface area contributed by atoms with Crippen molar-refractivity contribution in [3.8, 4) is 5.75 Å². The Morgan fingerprint density at radius 2 is 1.79 bits per heavy atom. The molecule has 0 unspecified atom stereocenters. The van der Waals surface area contributed by atoms with Crippen molar-refractivity contribution in [2.24, 2.45) is 0 Å². The zero-order valence-corrected chi connectivity index (χ0v) is 14.1. The third-order valence-corrected chi connectivity index (χ3v) is 3.92. The van der Waals surface area contributed by atoms with E-state index >= 15 is 0 Å². The van der Waals surface area contributed by atoms with Crippen LogP contribution in [0.2, 0.25) is 5.02 Å². The fraction of sp³-hybridized carbons (Fsp3) is 0.150. The van der Waals surface area contributed by atoms with Gasteiger partial charge in [0.15, 0.2) is 0 Å². The van der Waals surface area contributed by atoms with Gasteiger partial charge in [-0.25, -0.2) is 4.79 Å². The van der Waals surface area contributed by atoms with E-state index in [-0.39, 0.29) is 13.2 Å². The Morgan fingerprint density at radius 1 is 1.04 bits per heavy atom. The Kier molecular flexibility index (Phi) is 4.72. The van der Waals surface area contributed by atoms with Crippen molar-refractivity contribution in [3.63, 3.8) is 0 Å². The van der Waals surface area contributed by atoms with E-state index < -0.39 is 5.97 Å². The molecule has 0 aromatic heterocycles. The van der Waals surface area contributed by atoms with Gasteiger partial charge in [0.1, 0.15) is 19.0 Å². The first-order valence-electron chi connectivity index (χ1n) is 7.62. The lowest BCUT2D eigenvalue weighted by Crippen LogP contribution is -2.12. The maximum atomic E-state index is 11.4. The summed E-state index contributed by atoms with van der Waals surface area (Å²) in [6.07, 6.45) is 0. The highest BCUT2D eigenvalue weighted by Crippen LogP contribution is 2.36.